The number of likely N-dealkylation sites (N-methyl/N-ethyl adjacent to an activating group) is 1. The number of nitrogens with zero attached hydrogens (tertiary/aromatic N) is 4. The predicted molar refractivity (Wildman–Crippen MR) is 112 cm³/mol. The molecule has 2 N–H and O–H groups in total. The molecule has 0 atom stereocenters. The van der Waals surface area contributed by atoms with E-state index >= 15 is 0 Å². The molecule has 0 radical (unpaired) electrons. The fourth-order valence-electron chi connectivity index (χ4n) is 3.27. The van der Waals surface area contributed by atoms with Crippen LogP contribution >= 0.6 is 0 Å². The molecule has 7 heteroatoms. The van der Waals surface area contributed by atoms with Crippen molar-refractivity contribution in [3.63, 3.8) is 0 Å². The van der Waals surface area contributed by atoms with Crippen LogP contribution in [-0.2, 0) is 0 Å². The maximum atomic E-state index is 8.61. The van der Waals surface area contributed by atoms with Crippen LogP contribution in [0.3, 0.4) is 0 Å². The number of aromatic amines is 1. The second-order valence-corrected chi connectivity index (χ2v) is 7.00. The standard InChI is InChI=1S/C21H24N6O/c1-4-14-13-16(18(22)15-8-9-23-19(14)15)24-20-17-7-5-6-10-27(17)25-21(20)28-12-11-26(2)3/h5-10,13,22-23H,4,11-12H2,1-3H3. The number of aliphatic imine (C=N–C) groups is 1. The van der Waals surface area contributed by atoms with Crippen LogP contribution in [0.2, 0.25) is 0 Å². The van der Waals surface area contributed by atoms with Crippen molar-refractivity contribution in [1.29, 1.82) is 5.41 Å². The van der Waals surface area contributed by atoms with E-state index in [2.05, 4.69) is 21.9 Å². The van der Waals surface area contributed by atoms with E-state index in [1.165, 1.54) is 0 Å². The molecular formula is C21H24N6O. The fraction of sp³-hybridized carbons (Fsp3) is 0.286. The number of hydrogen-bond donors (Lipinski definition) is 2. The number of hydrogen-bond acceptors (Lipinski definition) is 5. The summed E-state index contributed by atoms with van der Waals surface area (Å²) in [5, 5.41) is 13.2. The molecule has 144 valence electrons. The molecule has 0 amide bonds. The summed E-state index contributed by atoms with van der Waals surface area (Å²) in [5.41, 5.74) is 5.57. The molecule has 0 fully saturated rings. The molecule has 0 spiro atoms. The highest BCUT2D eigenvalue weighted by Gasteiger charge is 2.23. The van der Waals surface area contributed by atoms with Gasteiger partial charge in [0.15, 0.2) is 5.69 Å². The van der Waals surface area contributed by atoms with Gasteiger partial charge in [0.05, 0.1) is 22.6 Å². The van der Waals surface area contributed by atoms with E-state index in [0.29, 0.717) is 29.6 Å². The maximum Gasteiger partial charge on any atom is 0.260 e. The number of fused-ring (bicyclic) bond motifs is 2. The van der Waals surface area contributed by atoms with Crippen molar-refractivity contribution in [2.24, 2.45) is 4.99 Å². The van der Waals surface area contributed by atoms with Crippen molar-refractivity contribution in [2.45, 2.75) is 13.3 Å². The highest BCUT2D eigenvalue weighted by molar-refractivity contribution is 6.54. The van der Waals surface area contributed by atoms with Gasteiger partial charge in [-0.15, -0.1) is 5.10 Å². The average molecular weight is 376 g/mol. The van der Waals surface area contributed by atoms with Gasteiger partial charge < -0.3 is 14.6 Å². The molecule has 28 heavy (non-hydrogen) atoms. The van der Waals surface area contributed by atoms with Crippen molar-refractivity contribution in [1.82, 2.24) is 19.5 Å². The summed E-state index contributed by atoms with van der Waals surface area (Å²) < 4.78 is 7.71. The maximum absolute atomic E-state index is 8.61. The lowest BCUT2D eigenvalue weighted by Gasteiger charge is -2.15. The van der Waals surface area contributed by atoms with E-state index in [-0.39, 0.29) is 0 Å². The molecule has 4 rings (SSSR count). The zero-order valence-corrected chi connectivity index (χ0v) is 16.4. The smallest absolute Gasteiger partial charge is 0.260 e. The summed E-state index contributed by atoms with van der Waals surface area (Å²) in [4.78, 5) is 10.1. The van der Waals surface area contributed by atoms with Gasteiger partial charge in [0.2, 0.25) is 0 Å². The zero-order valence-electron chi connectivity index (χ0n) is 16.4. The van der Waals surface area contributed by atoms with E-state index in [9.17, 15) is 0 Å². The molecule has 3 aromatic rings. The van der Waals surface area contributed by atoms with Crippen molar-refractivity contribution in [3.05, 3.63) is 54.0 Å². The van der Waals surface area contributed by atoms with Gasteiger partial charge in [0, 0.05) is 24.5 Å². The molecule has 0 aromatic carbocycles. The Kier molecular flexibility index (Phi) is 4.83. The van der Waals surface area contributed by atoms with Gasteiger partial charge >= 0.3 is 0 Å². The lowest BCUT2D eigenvalue weighted by molar-refractivity contribution is 0.254. The van der Waals surface area contributed by atoms with Gasteiger partial charge in [-0.25, -0.2) is 9.51 Å². The quantitative estimate of drug-likeness (QED) is 0.690. The molecule has 1 aliphatic carbocycles. The third-order valence-electron chi connectivity index (χ3n) is 4.78. The molecule has 7 nitrogen and oxygen atoms in total. The average Bonchev–Trinajstić information content (AvgIpc) is 3.29. The van der Waals surface area contributed by atoms with Gasteiger partial charge in [-0.3, -0.25) is 5.41 Å². The summed E-state index contributed by atoms with van der Waals surface area (Å²) >= 11 is 0. The third-order valence-corrected chi connectivity index (χ3v) is 4.78. The second-order valence-electron chi connectivity index (χ2n) is 7.00. The molecule has 0 saturated carbocycles. The summed E-state index contributed by atoms with van der Waals surface area (Å²) in [6, 6.07) is 7.77. The lowest BCUT2D eigenvalue weighted by atomic mass is 9.92. The summed E-state index contributed by atoms with van der Waals surface area (Å²) in [6.07, 6.45) is 6.59. The van der Waals surface area contributed by atoms with Gasteiger partial charge in [-0.1, -0.05) is 13.0 Å². The number of pyridine rings is 1. The van der Waals surface area contributed by atoms with Gasteiger partial charge in [0.25, 0.3) is 5.88 Å². The van der Waals surface area contributed by atoms with E-state index in [0.717, 1.165) is 35.3 Å². The Morgan fingerprint density at radius 3 is 2.93 bits per heavy atom. The molecule has 3 aromatic heterocycles. The Balaban J connectivity index is 1.79. The van der Waals surface area contributed by atoms with E-state index in [1.54, 1.807) is 4.52 Å². The van der Waals surface area contributed by atoms with Crippen LogP contribution < -0.4 is 4.74 Å². The van der Waals surface area contributed by atoms with E-state index in [4.69, 9.17) is 15.1 Å². The highest BCUT2D eigenvalue weighted by atomic mass is 16.5. The van der Waals surface area contributed by atoms with Crippen LogP contribution in [0, 0.1) is 5.41 Å². The number of allylic oxidation sites excluding steroid dienone is 2. The van der Waals surface area contributed by atoms with Crippen LogP contribution in [0.1, 0.15) is 24.6 Å². The first-order valence-electron chi connectivity index (χ1n) is 9.39. The lowest BCUT2D eigenvalue weighted by Crippen LogP contribution is -2.19. The molecule has 0 unspecified atom stereocenters. The van der Waals surface area contributed by atoms with E-state index in [1.807, 2.05) is 56.8 Å². The summed E-state index contributed by atoms with van der Waals surface area (Å²) in [7, 11) is 4.01. The third kappa shape index (κ3) is 3.25. The Morgan fingerprint density at radius 2 is 2.14 bits per heavy atom. The number of aromatic nitrogens is 3. The van der Waals surface area contributed by atoms with Crippen molar-refractivity contribution >= 4 is 28.2 Å². The van der Waals surface area contributed by atoms with Crippen molar-refractivity contribution < 1.29 is 4.74 Å². The van der Waals surface area contributed by atoms with Gasteiger partial charge in [-0.05, 0) is 50.4 Å². The molecule has 1 aliphatic rings. The predicted octanol–water partition coefficient (Wildman–Crippen LogP) is 3.55. The van der Waals surface area contributed by atoms with Crippen molar-refractivity contribution in [3.8, 4) is 5.88 Å². The van der Waals surface area contributed by atoms with Crippen LogP contribution in [0.25, 0.3) is 11.1 Å². The Bertz CT molecular complexity index is 1090. The zero-order chi connectivity index (χ0) is 19.7. The monoisotopic (exact) mass is 376 g/mol. The number of H-pyrrole nitrogens is 1. The number of rotatable bonds is 6. The fourth-order valence-corrected chi connectivity index (χ4v) is 3.27. The minimum absolute atomic E-state index is 0.406. The highest BCUT2D eigenvalue weighted by Crippen LogP contribution is 2.34. The Labute approximate surface area is 163 Å². The van der Waals surface area contributed by atoms with Crippen LogP contribution in [0.5, 0.6) is 5.88 Å². The minimum atomic E-state index is 0.406. The SMILES string of the molecule is CCC1=CC(=Nc2c(OCCN(C)C)nn3ccccc23)C(=N)c2cc[nH]c21. The van der Waals surface area contributed by atoms with Gasteiger partial charge in [-0.2, -0.15) is 0 Å². The molecule has 0 bridgehead atoms. The summed E-state index contributed by atoms with van der Waals surface area (Å²) in [5.74, 6) is 0.486. The largest absolute Gasteiger partial charge is 0.474 e. The number of nitrogens with one attached hydrogen (secondary N) is 2. The van der Waals surface area contributed by atoms with Gasteiger partial charge in [0.1, 0.15) is 6.61 Å². The topological polar surface area (TPSA) is 81.8 Å². The summed E-state index contributed by atoms with van der Waals surface area (Å²) in [6.45, 7) is 3.41. The van der Waals surface area contributed by atoms with Crippen LogP contribution in [0.4, 0.5) is 5.69 Å². The normalized spacial score (nSPS) is 15.4. The minimum Gasteiger partial charge on any atom is -0.474 e. The van der Waals surface area contributed by atoms with E-state index < -0.39 is 0 Å². The Morgan fingerprint density at radius 1 is 1.29 bits per heavy atom. The first-order chi connectivity index (χ1) is 13.6. The molecular weight excluding hydrogens is 352 g/mol. The molecule has 0 aliphatic heterocycles. The molecule has 0 saturated heterocycles. The first kappa shape index (κ1) is 18.2. The van der Waals surface area contributed by atoms with Crippen LogP contribution in [-0.4, -0.2) is 58.2 Å². The first-order valence-corrected chi connectivity index (χ1v) is 9.39. The van der Waals surface area contributed by atoms with Crippen molar-refractivity contribution in [2.75, 3.05) is 27.2 Å². The van der Waals surface area contributed by atoms with Crippen LogP contribution in [0.15, 0.2) is 47.7 Å². The second kappa shape index (κ2) is 7.44. The Hall–Kier alpha value is -3.19. The number of ether oxygens (including phenoxy) is 1. The molecule has 3 heterocycles.